The van der Waals surface area contributed by atoms with Gasteiger partial charge in [0.1, 0.15) is 48.3 Å². The predicted molar refractivity (Wildman–Crippen MR) is 219 cm³/mol. The largest absolute Gasteiger partial charge is 0.459 e. The number of hydrogen-bond donors (Lipinski definition) is 4. The molecule has 9 heterocycles. The van der Waals surface area contributed by atoms with Crippen molar-refractivity contribution in [2.24, 2.45) is 17.8 Å². The fraction of sp³-hybridized carbons (Fsp3) is 0.872. The number of rotatable bonds is 2. The van der Waals surface area contributed by atoms with Gasteiger partial charge in [0, 0.05) is 38.5 Å². The Morgan fingerprint density at radius 3 is 2.39 bits per heavy atom. The van der Waals surface area contributed by atoms with Gasteiger partial charge >= 0.3 is 5.97 Å². The Kier molecular flexibility index (Phi) is 12.0. The van der Waals surface area contributed by atoms with Crippen molar-refractivity contribution in [3.8, 4) is 0 Å². The SMILES string of the molecule is CC1=C\[C@@H](C)C[C@]2(C)CC[C@H](O2)[C@]23CC[C@](CO)(C[C@H](O2)[C@@H]2O[C@@](C)(CC2=O)[C@H](O)[C@H]2CC[C@@]4(CCC[C@@H](O4)[C@H](C)C(=O)O[C@H]4C[C@H]([C@]5(O)OCC[C@H](C)[C@@H]5O)O[C@H]4\C=C\1)O2)O3. The van der Waals surface area contributed by atoms with E-state index in [1.165, 1.54) is 0 Å². The van der Waals surface area contributed by atoms with Gasteiger partial charge < -0.3 is 63.1 Å². The maximum absolute atomic E-state index is 14.1. The van der Waals surface area contributed by atoms with Crippen LogP contribution in [-0.2, 0) is 52.2 Å². The minimum Gasteiger partial charge on any atom is -0.459 e. The molecule has 15 heteroatoms. The van der Waals surface area contributed by atoms with E-state index in [-0.39, 0.29) is 50.1 Å². The van der Waals surface area contributed by atoms with Crippen molar-refractivity contribution in [1.29, 1.82) is 0 Å². The van der Waals surface area contributed by atoms with Crippen LogP contribution in [0.25, 0.3) is 0 Å². The van der Waals surface area contributed by atoms with Gasteiger partial charge in [-0.1, -0.05) is 37.6 Å². The zero-order chi connectivity index (χ0) is 44.0. The molecular weight excluding hydrogens is 805 g/mol. The Morgan fingerprint density at radius 1 is 0.806 bits per heavy atom. The minimum atomic E-state index is -1.97. The van der Waals surface area contributed by atoms with Crippen molar-refractivity contribution < 1.29 is 72.6 Å². The Bertz CT molecular complexity index is 1770. The van der Waals surface area contributed by atoms with E-state index in [0.717, 1.165) is 18.4 Å². The number of carbonyl (C=O) groups excluding carboxylic acids is 2. The van der Waals surface area contributed by atoms with Gasteiger partial charge in [0.25, 0.3) is 0 Å². The van der Waals surface area contributed by atoms with Crippen LogP contribution in [0.1, 0.15) is 131 Å². The van der Waals surface area contributed by atoms with Gasteiger partial charge in [-0.2, -0.15) is 0 Å². The van der Waals surface area contributed by atoms with E-state index in [1.807, 2.05) is 26.0 Å². The molecule has 0 aliphatic carbocycles. The molecule has 19 atom stereocenters. The first-order valence-corrected chi connectivity index (χ1v) is 23.5. The first-order valence-electron chi connectivity index (χ1n) is 23.5. The number of carbonyl (C=O) groups is 2. The van der Waals surface area contributed by atoms with Crippen LogP contribution >= 0.6 is 0 Å². The zero-order valence-electron chi connectivity index (χ0n) is 37.3. The van der Waals surface area contributed by atoms with Crippen molar-refractivity contribution in [2.75, 3.05) is 13.2 Å². The quantitative estimate of drug-likeness (QED) is 0.288. The van der Waals surface area contributed by atoms with Crippen LogP contribution in [0.15, 0.2) is 23.8 Å². The average molecular weight is 875 g/mol. The van der Waals surface area contributed by atoms with Gasteiger partial charge in [-0.05, 0) is 90.9 Å². The lowest BCUT2D eigenvalue weighted by Crippen LogP contribution is -2.59. The number of hydrogen-bond acceptors (Lipinski definition) is 15. The smallest absolute Gasteiger partial charge is 0.311 e. The van der Waals surface area contributed by atoms with Gasteiger partial charge in [0.2, 0.25) is 5.79 Å². The van der Waals surface area contributed by atoms with Crippen LogP contribution in [0, 0.1) is 17.8 Å². The summed E-state index contributed by atoms with van der Waals surface area (Å²) in [5.41, 5.74) is -1.73. The van der Waals surface area contributed by atoms with E-state index in [1.54, 1.807) is 13.8 Å². The summed E-state index contributed by atoms with van der Waals surface area (Å²) in [5, 5.41) is 45.5. The second-order valence-corrected chi connectivity index (χ2v) is 21.2. The van der Waals surface area contributed by atoms with Crippen molar-refractivity contribution in [3.05, 3.63) is 23.8 Å². The van der Waals surface area contributed by atoms with E-state index in [2.05, 4.69) is 19.9 Å². The van der Waals surface area contributed by atoms with Gasteiger partial charge in [-0.15, -0.1) is 0 Å². The zero-order valence-corrected chi connectivity index (χ0v) is 37.3. The molecule has 8 fully saturated rings. The molecule has 9 aliphatic heterocycles. The van der Waals surface area contributed by atoms with Gasteiger partial charge in [0.15, 0.2) is 17.4 Å². The summed E-state index contributed by atoms with van der Waals surface area (Å²) in [4.78, 5) is 28.0. The highest BCUT2D eigenvalue weighted by molar-refractivity contribution is 5.86. The standard InChI is InChI=1S/C47H70O15/c1-26-9-10-32-34(21-37(55-32)47(53)39(50)28(3)13-19-54-47)56-41(52)29(4)31-8-7-14-45(57-31)16-11-33(58-45)40(51)43(6)23-30(49)38(61-43)35-24-44(25-48)17-18-46(59-35,62-44)36-12-15-42(5,60-36)22-27(2)20-26/h9-10,20,27-29,31-40,48,50-51,53H,7-8,11-19,21-25H2,1-6H3/b10-9+,26-20+/t27-,28+,29+,31-,32+,33-,34+,35+,36+,37-,38-,39+,40-,42+,43+,44-,45-,46-,47+/m1/s1. The molecule has 0 radical (unpaired) electrons. The number of Topliss-reactive ketones (excluding diaryl/α,β-unsaturated/α-hetero) is 1. The second-order valence-electron chi connectivity index (χ2n) is 21.2. The molecule has 0 aromatic rings. The molecule has 0 aromatic carbocycles. The van der Waals surface area contributed by atoms with Crippen molar-refractivity contribution in [1.82, 2.24) is 0 Å². The number of ether oxygens (including phenoxy) is 9. The van der Waals surface area contributed by atoms with Crippen LogP contribution in [0.5, 0.6) is 0 Å². The van der Waals surface area contributed by atoms with Gasteiger partial charge in [0.05, 0.1) is 48.6 Å². The number of aliphatic hydroxyl groups excluding tert-OH is 3. The number of allylic oxidation sites excluding steroid dienone is 3. The number of ketones is 1. The summed E-state index contributed by atoms with van der Waals surface area (Å²) in [7, 11) is 0. The van der Waals surface area contributed by atoms with Gasteiger partial charge in [-0.25, -0.2) is 0 Å². The van der Waals surface area contributed by atoms with Crippen LogP contribution in [0.4, 0.5) is 0 Å². The molecule has 10 bridgehead atoms. The molecule has 4 N–H and O–H groups in total. The van der Waals surface area contributed by atoms with Crippen molar-refractivity contribution >= 4 is 11.8 Å². The Hall–Kier alpha value is -1.86. The lowest BCUT2D eigenvalue weighted by molar-refractivity contribution is -0.365. The monoisotopic (exact) mass is 874 g/mol. The normalized spacial score (nSPS) is 55.0. The van der Waals surface area contributed by atoms with E-state index in [9.17, 15) is 30.0 Å². The third-order valence-corrected chi connectivity index (χ3v) is 16.0. The van der Waals surface area contributed by atoms with E-state index in [4.69, 9.17) is 42.6 Å². The van der Waals surface area contributed by atoms with Gasteiger partial charge in [-0.3, -0.25) is 9.59 Å². The molecule has 62 heavy (non-hydrogen) atoms. The maximum Gasteiger partial charge on any atom is 0.311 e. The molecule has 0 amide bonds. The maximum atomic E-state index is 14.1. The van der Waals surface area contributed by atoms with Crippen molar-refractivity contribution in [3.63, 3.8) is 0 Å². The topological polar surface area (TPSA) is 198 Å². The molecule has 0 unspecified atom stereocenters. The molecule has 0 saturated carbocycles. The summed E-state index contributed by atoms with van der Waals surface area (Å²) in [6.45, 7) is 11.7. The predicted octanol–water partition coefficient (Wildman–Crippen LogP) is 4.23. The van der Waals surface area contributed by atoms with Crippen LogP contribution in [-0.4, -0.2) is 141 Å². The van der Waals surface area contributed by atoms with E-state index < -0.39 is 107 Å². The average Bonchev–Trinajstić information content (AvgIpc) is 4.06. The summed E-state index contributed by atoms with van der Waals surface area (Å²) in [6, 6.07) is 0. The molecular formula is C47H70O15. The molecule has 0 aromatic heterocycles. The number of aliphatic hydroxyl groups is 4. The third-order valence-electron chi connectivity index (χ3n) is 16.0. The molecule has 2 spiro atoms. The first-order chi connectivity index (χ1) is 29.3. The molecule has 15 nitrogen and oxygen atoms in total. The third kappa shape index (κ3) is 8.09. The highest BCUT2D eigenvalue weighted by atomic mass is 16.8. The summed E-state index contributed by atoms with van der Waals surface area (Å²) in [6.07, 6.45) is 4.76. The Morgan fingerprint density at radius 2 is 1.60 bits per heavy atom. The van der Waals surface area contributed by atoms with Crippen LogP contribution in [0.3, 0.4) is 0 Å². The fourth-order valence-corrected chi connectivity index (χ4v) is 12.5. The summed E-state index contributed by atoms with van der Waals surface area (Å²) in [5.74, 6) is -5.63. The number of fused-ring (bicyclic) bond motifs is 10. The molecule has 9 aliphatic rings. The first kappa shape index (κ1) is 45.3. The number of esters is 1. The van der Waals surface area contributed by atoms with Crippen LogP contribution in [0.2, 0.25) is 0 Å². The Balaban J connectivity index is 1.01. The van der Waals surface area contributed by atoms with Crippen molar-refractivity contribution in [2.45, 2.75) is 227 Å². The highest BCUT2D eigenvalue weighted by Crippen LogP contribution is 2.55. The van der Waals surface area contributed by atoms with E-state index >= 15 is 0 Å². The minimum absolute atomic E-state index is 0.0379. The van der Waals surface area contributed by atoms with Crippen LogP contribution < -0.4 is 0 Å². The fourth-order valence-electron chi connectivity index (χ4n) is 12.5. The Labute approximate surface area is 365 Å². The van der Waals surface area contributed by atoms with E-state index in [0.29, 0.717) is 57.8 Å². The summed E-state index contributed by atoms with van der Waals surface area (Å²) >= 11 is 0. The lowest BCUT2D eigenvalue weighted by Gasteiger charge is -2.47. The molecule has 9 rings (SSSR count). The molecule has 348 valence electrons. The summed E-state index contributed by atoms with van der Waals surface area (Å²) < 4.78 is 58.8. The molecule has 8 saturated heterocycles. The highest BCUT2D eigenvalue weighted by Gasteiger charge is 2.66. The second kappa shape index (κ2) is 16.5. The lowest BCUT2D eigenvalue weighted by atomic mass is 9.87.